The molecule has 0 fully saturated rings. The molecule has 6 nitrogen and oxygen atoms in total. The van der Waals surface area contributed by atoms with Gasteiger partial charge in [0.05, 0.1) is 12.5 Å². The smallest absolute Gasteiger partial charge is 0.325 e. The molecule has 2 aromatic rings. The van der Waals surface area contributed by atoms with Crippen LogP contribution in [0, 0.1) is 0 Å². The molecule has 0 saturated carbocycles. The predicted octanol–water partition coefficient (Wildman–Crippen LogP) is 2.21. The summed E-state index contributed by atoms with van der Waals surface area (Å²) in [5.41, 5.74) is 2.04. The third-order valence-corrected chi connectivity index (χ3v) is 5.28. The van der Waals surface area contributed by atoms with E-state index in [1.54, 1.807) is 11.9 Å². The molecule has 3 rings (SSSR count). The largest absolute Gasteiger partial charge is 0.468 e. The van der Waals surface area contributed by atoms with Crippen LogP contribution in [0.3, 0.4) is 0 Å². The SMILES string of the molecule is COC(=O)CNC(=O)CC[C@@]1(Cc2ccccc2)C(=O)N(C)c2ccccc21. The van der Waals surface area contributed by atoms with Crippen LogP contribution in [0.15, 0.2) is 54.6 Å². The van der Waals surface area contributed by atoms with Gasteiger partial charge in [-0.25, -0.2) is 0 Å². The molecule has 1 N–H and O–H groups in total. The van der Waals surface area contributed by atoms with E-state index in [0.717, 1.165) is 16.8 Å². The molecule has 2 aromatic carbocycles. The summed E-state index contributed by atoms with van der Waals surface area (Å²) in [4.78, 5) is 38.5. The van der Waals surface area contributed by atoms with Gasteiger partial charge in [-0.3, -0.25) is 14.4 Å². The highest BCUT2D eigenvalue weighted by Crippen LogP contribution is 2.46. The zero-order valence-electron chi connectivity index (χ0n) is 16.1. The zero-order valence-corrected chi connectivity index (χ0v) is 16.1. The van der Waals surface area contributed by atoms with Gasteiger partial charge < -0.3 is 15.0 Å². The maximum atomic E-state index is 13.3. The van der Waals surface area contributed by atoms with Crippen LogP contribution in [0.4, 0.5) is 5.69 Å². The number of hydrogen-bond acceptors (Lipinski definition) is 4. The first-order valence-electron chi connectivity index (χ1n) is 9.23. The molecular weight excluding hydrogens is 356 g/mol. The molecule has 0 radical (unpaired) electrons. The lowest BCUT2D eigenvalue weighted by Gasteiger charge is -2.28. The number of fused-ring (bicyclic) bond motifs is 1. The molecule has 1 atom stereocenters. The topological polar surface area (TPSA) is 75.7 Å². The monoisotopic (exact) mass is 380 g/mol. The van der Waals surface area contributed by atoms with Crippen molar-refractivity contribution in [3.05, 3.63) is 65.7 Å². The number of anilines is 1. The van der Waals surface area contributed by atoms with Crippen molar-refractivity contribution in [1.29, 1.82) is 0 Å². The Labute approximate surface area is 164 Å². The van der Waals surface area contributed by atoms with Crippen molar-refractivity contribution in [1.82, 2.24) is 5.32 Å². The molecule has 0 unspecified atom stereocenters. The number of likely N-dealkylation sites (N-methyl/N-ethyl adjacent to an activating group) is 1. The van der Waals surface area contributed by atoms with Crippen molar-refractivity contribution in [2.45, 2.75) is 24.7 Å². The van der Waals surface area contributed by atoms with Crippen molar-refractivity contribution in [2.24, 2.45) is 0 Å². The molecule has 0 spiro atoms. The molecule has 0 saturated heterocycles. The second-order valence-electron chi connectivity index (χ2n) is 6.98. The van der Waals surface area contributed by atoms with Crippen LogP contribution in [0.5, 0.6) is 0 Å². The van der Waals surface area contributed by atoms with Crippen LogP contribution < -0.4 is 10.2 Å². The van der Waals surface area contributed by atoms with Crippen molar-refractivity contribution >= 4 is 23.5 Å². The molecule has 1 heterocycles. The van der Waals surface area contributed by atoms with Crippen LogP contribution >= 0.6 is 0 Å². The first-order valence-corrected chi connectivity index (χ1v) is 9.23. The van der Waals surface area contributed by atoms with Gasteiger partial charge >= 0.3 is 5.97 Å². The summed E-state index contributed by atoms with van der Waals surface area (Å²) in [6.07, 6.45) is 1.01. The van der Waals surface area contributed by atoms with E-state index in [4.69, 9.17) is 0 Å². The summed E-state index contributed by atoms with van der Waals surface area (Å²) in [5.74, 6) is -0.801. The molecular formula is C22H24N2O4. The van der Waals surface area contributed by atoms with Gasteiger partial charge in [-0.1, -0.05) is 48.5 Å². The molecule has 0 aliphatic carbocycles. The van der Waals surface area contributed by atoms with E-state index in [-0.39, 0.29) is 24.8 Å². The van der Waals surface area contributed by atoms with Crippen LogP contribution in [-0.4, -0.2) is 38.5 Å². The Kier molecular flexibility index (Phi) is 5.78. The van der Waals surface area contributed by atoms with Crippen LogP contribution in [0.1, 0.15) is 24.0 Å². The summed E-state index contributed by atoms with van der Waals surface area (Å²) in [5, 5.41) is 2.55. The van der Waals surface area contributed by atoms with Crippen LogP contribution in [0.2, 0.25) is 0 Å². The normalized spacial score (nSPS) is 17.9. The molecule has 2 amide bonds. The summed E-state index contributed by atoms with van der Waals surface area (Å²) in [6, 6.07) is 17.5. The summed E-state index contributed by atoms with van der Waals surface area (Å²) >= 11 is 0. The van der Waals surface area contributed by atoms with E-state index in [0.29, 0.717) is 12.8 Å². The molecule has 6 heteroatoms. The first kappa shape index (κ1) is 19.6. The molecule has 146 valence electrons. The van der Waals surface area contributed by atoms with Gasteiger partial charge in [0.25, 0.3) is 0 Å². The van der Waals surface area contributed by atoms with Crippen LogP contribution in [0.25, 0.3) is 0 Å². The molecule has 28 heavy (non-hydrogen) atoms. The van der Waals surface area contributed by atoms with Crippen LogP contribution in [-0.2, 0) is 31.0 Å². The van der Waals surface area contributed by atoms with Crippen molar-refractivity contribution in [3.63, 3.8) is 0 Å². The molecule has 0 aromatic heterocycles. The van der Waals surface area contributed by atoms with E-state index in [1.165, 1.54) is 7.11 Å². The van der Waals surface area contributed by atoms with Crippen molar-refractivity contribution in [2.75, 3.05) is 25.6 Å². The fraction of sp³-hybridized carbons (Fsp3) is 0.318. The number of nitrogens with one attached hydrogen (secondary N) is 1. The third kappa shape index (κ3) is 3.76. The second-order valence-corrected chi connectivity index (χ2v) is 6.98. The zero-order chi connectivity index (χ0) is 20.1. The van der Waals surface area contributed by atoms with E-state index >= 15 is 0 Å². The van der Waals surface area contributed by atoms with E-state index < -0.39 is 11.4 Å². The average molecular weight is 380 g/mol. The van der Waals surface area contributed by atoms with E-state index in [1.807, 2.05) is 54.6 Å². The van der Waals surface area contributed by atoms with E-state index in [2.05, 4.69) is 10.1 Å². The summed E-state index contributed by atoms with van der Waals surface area (Å²) < 4.78 is 4.54. The minimum atomic E-state index is -0.810. The quantitative estimate of drug-likeness (QED) is 0.748. The minimum Gasteiger partial charge on any atom is -0.468 e. The number of rotatable bonds is 7. The Morgan fingerprint density at radius 3 is 2.46 bits per heavy atom. The molecule has 1 aliphatic rings. The predicted molar refractivity (Wildman–Crippen MR) is 106 cm³/mol. The standard InChI is InChI=1S/C22H24N2O4/c1-24-18-11-7-6-10-17(18)22(21(24)27,14-16-8-4-3-5-9-16)13-12-19(25)23-15-20(26)28-2/h3-11H,12-15H2,1-2H3,(H,23,25)/t22-/m0/s1. The van der Waals surface area contributed by atoms with Gasteiger partial charge in [0, 0.05) is 19.2 Å². The van der Waals surface area contributed by atoms with Gasteiger partial charge in [0.15, 0.2) is 0 Å². The number of carbonyl (C=O) groups excluding carboxylic acids is 3. The number of esters is 1. The lowest BCUT2D eigenvalue weighted by molar-refractivity contribution is -0.141. The fourth-order valence-electron chi connectivity index (χ4n) is 3.82. The van der Waals surface area contributed by atoms with Gasteiger partial charge in [-0.05, 0) is 30.0 Å². The third-order valence-electron chi connectivity index (χ3n) is 5.28. The highest BCUT2D eigenvalue weighted by Gasteiger charge is 2.49. The summed E-state index contributed by atoms with van der Waals surface area (Å²) in [6.45, 7) is -0.175. The average Bonchev–Trinajstić information content (AvgIpc) is 2.93. The Morgan fingerprint density at radius 1 is 1.07 bits per heavy atom. The Bertz CT molecular complexity index is 881. The van der Waals surface area contributed by atoms with Gasteiger partial charge in [-0.2, -0.15) is 0 Å². The van der Waals surface area contributed by atoms with E-state index in [9.17, 15) is 14.4 Å². The Hall–Kier alpha value is -3.15. The number of para-hydroxylation sites is 1. The highest BCUT2D eigenvalue weighted by molar-refractivity contribution is 6.08. The number of amides is 2. The van der Waals surface area contributed by atoms with Gasteiger partial charge in [0.1, 0.15) is 6.54 Å². The first-order chi connectivity index (χ1) is 13.5. The Balaban J connectivity index is 1.87. The number of methoxy groups -OCH3 is 1. The number of carbonyl (C=O) groups is 3. The lowest BCUT2D eigenvalue weighted by atomic mass is 9.73. The lowest BCUT2D eigenvalue weighted by Crippen LogP contribution is -2.42. The van der Waals surface area contributed by atoms with Crippen molar-refractivity contribution in [3.8, 4) is 0 Å². The maximum absolute atomic E-state index is 13.3. The van der Waals surface area contributed by atoms with Gasteiger partial charge in [0.2, 0.25) is 11.8 Å². The molecule has 0 bridgehead atoms. The second kappa shape index (κ2) is 8.25. The number of nitrogens with zero attached hydrogens (tertiary/aromatic N) is 1. The highest BCUT2D eigenvalue weighted by atomic mass is 16.5. The fourth-order valence-corrected chi connectivity index (χ4v) is 3.82. The number of hydrogen-bond donors (Lipinski definition) is 1. The maximum Gasteiger partial charge on any atom is 0.325 e. The Morgan fingerprint density at radius 2 is 1.75 bits per heavy atom. The van der Waals surface area contributed by atoms with Gasteiger partial charge in [-0.15, -0.1) is 0 Å². The number of benzene rings is 2. The van der Waals surface area contributed by atoms with Crippen molar-refractivity contribution < 1.29 is 19.1 Å². The molecule has 1 aliphatic heterocycles. The summed E-state index contributed by atoms with van der Waals surface area (Å²) in [7, 11) is 3.04. The number of ether oxygens (including phenoxy) is 1. The minimum absolute atomic E-state index is 0.0154.